The molecule has 106 valence electrons. The van der Waals surface area contributed by atoms with E-state index in [2.05, 4.69) is 54.7 Å². The van der Waals surface area contributed by atoms with Crippen LogP contribution in [-0.4, -0.2) is 22.4 Å². The summed E-state index contributed by atoms with van der Waals surface area (Å²) in [4.78, 5) is 0. The van der Waals surface area contributed by atoms with E-state index in [0.717, 1.165) is 19.5 Å². The summed E-state index contributed by atoms with van der Waals surface area (Å²) < 4.78 is 2.01. The first kappa shape index (κ1) is 13.4. The maximum Gasteiger partial charge on any atom is 0.0522 e. The quantitative estimate of drug-likeness (QED) is 0.874. The summed E-state index contributed by atoms with van der Waals surface area (Å²) in [5.74, 6) is 0.649. The van der Waals surface area contributed by atoms with Crippen LogP contribution in [0.2, 0.25) is 0 Å². The number of hydrogen-bond acceptors (Lipinski definition) is 2. The van der Waals surface area contributed by atoms with Crippen molar-refractivity contribution in [3.8, 4) is 0 Å². The number of hydrogen-bond donors (Lipinski definition) is 1. The third kappa shape index (κ3) is 2.50. The molecule has 0 aliphatic heterocycles. The van der Waals surface area contributed by atoms with Gasteiger partial charge in [-0.3, -0.25) is 4.68 Å². The molecule has 2 atom stereocenters. The van der Waals surface area contributed by atoms with Gasteiger partial charge in [0.05, 0.1) is 6.20 Å². The molecule has 0 spiro atoms. The Morgan fingerprint density at radius 1 is 1.35 bits per heavy atom. The zero-order valence-electron chi connectivity index (χ0n) is 12.3. The summed E-state index contributed by atoms with van der Waals surface area (Å²) in [6.45, 7) is 6.27. The van der Waals surface area contributed by atoms with E-state index in [1.54, 1.807) is 0 Å². The van der Waals surface area contributed by atoms with E-state index in [4.69, 9.17) is 0 Å². The number of fused-ring (bicyclic) bond motifs is 1. The third-order valence-electron chi connectivity index (χ3n) is 4.31. The molecular weight excluding hydrogens is 246 g/mol. The molecule has 2 unspecified atom stereocenters. The van der Waals surface area contributed by atoms with Crippen LogP contribution in [0.4, 0.5) is 0 Å². The van der Waals surface area contributed by atoms with Gasteiger partial charge in [-0.15, -0.1) is 0 Å². The molecule has 1 aliphatic rings. The van der Waals surface area contributed by atoms with Crippen molar-refractivity contribution in [3.63, 3.8) is 0 Å². The highest BCUT2D eigenvalue weighted by atomic mass is 15.3. The number of likely N-dealkylation sites (N-methyl/N-ethyl adjacent to an activating group) is 1. The second kappa shape index (κ2) is 5.80. The topological polar surface area (TPSA) is 29.9 Å². The fourth-order valence-corrected chi connectivity index (χ4v) is 3.21. The van der Waals surface area contributed by atoms with Gasteiger partial charge in [-0.2, -0.15) is 5.10 Å². The predicted molar refractivity (Wildman–Crippen MR) is 82.0 cm³/mol. The number of aryl methyl sites for hydroxylation is 1. The van der Waals surface area contributed by atoms with Crippen molar-refractivity contribution in [3.05, 3.63) is 53.3 Å². The van der Waals surface area contributed by atoms with E-state index in [1.807, 2.05) is 10.9 Å². The van der Waals surface area contributed by atoms with E-state index in [0.29, 0.717) is 12.0 Å². The molecule has 0 bridgehead atoms. The number of benzene rings is 1. The minimum atomic E-state index is 0.518. The Labute approximate surface area is 121 Å². The second-order valence-corrected chi connectivity index (χ2v) is 5.58. The standard InChI is InChI=1S/C17H23N3/c1-3-18-17(9-13-11-19-20(4-2)12-13)16-10-14-7-5-6-8-15(14)16/h5-8,11-12,16-18H,3-4,9-10H2,1-2H3. The molecule has 1 heterocycles. The lowest BCUT2D eigenvalue weighted by molar-refractivity contribution is 0.404. The van der Waals surface area contributed by atoms with Gasteiger partial charge in [0.15, 0.2) is 0 Å². The molecule has 20 heavy (non-hydrogen) atoms. The van der Waals surface area contributed by atoms with Gasteiger partial charge in [-0.1, -0.05) is 31.2 Å². The van der Waals surface area contributed by atoms with Crippen LogP contribution in [0, 0.1) is 0 Å². The number of nitrogens with zero attached hydrogens (tertiary/aromatic N) is 2. The molecule has 0 radical (unpaired) electrons. The van der Waals surface area contributed by atoms with Crippen molar-refractivity contribution in [2.45, 2.75) is 45.2 Å². The molecule has 1 aromatic carbocycles. The summed E-state index contributed by atoms with van der Waals surface area (Å²) in [6, 6.07) is 9.35. The average molecular weight is 269 g/mol. The zero-order chi connectivity index (χ0) is 13.9. The summed E-state index contributed by atoms with van der Waals surface area (Å²) in [6.07, 6.45) is 6.45. The highest BCUT2D eigenvalue weighted by Crippen LogP contribution is 2.38. The van der Waals surface area contributed by atoms with Crippen LogP contribution in [0.15, 0.2) is 36.7 Å². The normalized spacial score (nSPS) is 18.4. The van der Waals surface area contributed by atoms with Gasteiger partial charge in [-0.05, 0) is 43.0 Å². The SMILES string of the molecule is CCNC(Cc1cnn(CC)c1)C1Cc2ccccc21. The monoisotopic (exact) mass is 269 g/mol. The highest BCUT2D eigenvalue weighted by molar-refractivity contribution is 5.41. The Bertz CT molecular complexity index is 573. The van der Waals surface area contributed by atoms with Crippen LogP contribution < -0.4 is 5.32 Å². The molecule has 3 rings (SSSR count). The molecule has 2 aromatic rings. The number of rotatable bonds is 6. The van der Waals surface area contributed by atoms with Crippen molar-refractivity contribution in [1.29, 1.82) is 0 Å². The van der Waals surface area contributed by atoms with E-state index in [9.17, 15) is 0 Å². The molecule has 1 N–H and O–H groups in total. The average Bonchev–Trinajstić information content (AvgIpc) is 2.88. The third-order valence-corrected chi connectivity index (χ3v) is 4.31. The van der Waals surface area contributed by atoms with Crippen LogP contribution in [0.5, 0.6) is 0 Å². The van der Waals surface area contributed by atoms with Crippen molar-refractivity contribution in [2.75, 3.05) is 6.54 Å². The van der Waals surface area contributed by atoms with Gasteiger partial charge in [0.25, 0.3) is 0 Å². The fourth-order valence-electron chi connectivity index (χ4n) is 3.21. The van der Waals surface area contributed by atoms with Crippen LogP contribution in [0.25, 0.3) is 0 Å². The minimum absolute atomic E-state index is 0.518. The molecule has 0 saturated heterocycles. The summed E-state index contributed by atoms with van der Waals surface area (Å²) >= 11 is 0. The lowest BCUT2D eigenvalue weighted by Gasteiger charge is -2.37. The van der Waals surface area contributed by atoms with Crippen molar-refractivity contribution in [2.24, 2.45) is 0 Å². The molecule has 0 saturated carbocycles. The Morgan fingerprint density at radius 2 is 2.20 bits per heavy atom. The molecule has 0 fully saturated rings. The highest BCUT2D eigenvalue weighted by Gasteiger charge is 2.32. The Balaban J connectivity index is 1.74. The Hall–Kier alpha value is -1.61. The van der Waals surface area contributed by atoms with Gasteiger partial charge < -0.3 is 5.32 Å². The van der Waals surface area contributed by atoms with Crippen molar-refractivity contribution >= 4 is 0 Å². The summed E-state index contributed by atoms with van der Waals surface area (Å²) in [5.41, 5.74) is 4.38. The number of nitrogens with one attached hydrogen (secondary N) is 1. The van der Waals surface area contributed by atoms with Gasteiger partial charge in [0.2, 0.25) is 0 Å². The maximum absolute atomic E-state index is 4.38. The molecule has 3 heteroatoms. The van der Waals surface area contributed by atoms with Crippen LogP contribution in [-0.2, 0) is 19.4 Å². The van der Waals surface area contributed by atoms with Crippen LogP contribution >= 0.6 is 0 Å². The van der Waals surface area contributed by atoms with Crippen molar-refractivity contribution in [1.82, 2.24) is 15.1 Å². The van der Waals surface area contributed by atoms with Gasteiger partial charge in [0, 0.05) is 24.7 Å². The van der Waals surface area contributed by atoms with Crippen LogP contribution in [0.1, 0.15) is 36.5 Å². The lowest BCUT2D eigenvalue weighted by atomic mass is 9.72. The first-order chi connectivity index (χ1) is 9.81. The molecule has 0 amide bonds. The Morgan fingerprint density at radius 3 is 2.90 bits per heavy atom. The molecule has 1 aromatic heterocycles. The predicted octanol–water partition coefficient (Wildman–Crippen LogP) is 2.76. The smallest absolute Gasteiger partial charge is 0.0522 e. The van der Waals surface area contributed by atoms with E-state index >= 15 is 0 Å². The largest absolute Gasteiger partial charge is 0.313 e. The molecule has 3 nitrogen and oxygen atoms in total. The van der Waals surface area contributed by atoms with Crippen LogP contribution in [0.3, 0.4) is 0 Å². The van der Waals surface area contributed by atoms with Gasteiger partial charge in [-0.25, -0.2) is 0 Å². The first-order valence-electron chi connectivity index (χ1n) is 7.64. The lowest BCUT2D eigenvalue weighted by Crippen LogP contribution is -2.41. The fraction of sp³-hybridized carbons (Fsp3) is 0.471. The van der Waals surface area contributed by atoms with E-state index < -0.39 is 0 Å². The Kier molecular flexibility index (Phi) is 3.88. The zero-order valence-corrected chi connectivity index (χ0v) is 12.3. The van der Waals surface area contributed by atoms with Gasteiger partial charge >= 0.3 is 0 Å². The van der Waals surface area contributed by atoms with E-state index in [-0.39, 0.29) is 0 Å². The summed E-state index contributed by atoms with van der Waals surface area (Å²) in [5, 5.41) is 8.05. The first-order valence-corrected chi connectivity index (χ1v) is 7.64. The van der Waals surface area contributed by atoms with E-state index in [1.165, 1.54) is 23.1 Å². The molecule has 1 aliphatic carbocycles. The van der Waals surface area contributed by atoms with Gasteiger partial charge in [0.1, 0.15) is 0 Å². The summed E-state index contributed by atoms with van der Waals surface area (Å²) in [7, 11) is 0. The number of aromatic nitrogens is 2. The second-order valence-electron chi connectivity index (χ2n) is 5.58. The maximum atomic E-state index is 4.38. The molecular formula is C17H23N3. The minimum Gasteiger partial charge on any atom is -0.313 e. The van der Waals surface area contributed by atoms with Crippen molar-refractivity contribution < 1.29 is 0 Å².